The summed E-state index contributed by atoms with van der Waals surface area (Å²) >= 11 is 0. The molecule has 21 heavy (non-hydrogen) atoms. The van der Waals surface area contributed by atoms with Crippen molar-refractivity contribution >= 4 is 11.2 Å². The van der Waals surface area contributed by atoms with Crippen LogP contribution in [-0.2, 0) is 13.1 Å². The molecular formula is C17H20N4. The zero-order valence-electron chi connectivity index (χ0n) is 12.7. The molecule has 4 nitrogen and oxygen atoms in total. The van der Waals surface area contributed by atoms with Crippen LogP contribution in [0.4, 0.5) is 0 Å². The summed E-state index contributed by atoms with van der Waals surface area (Å²) in [5.41, 5.74) is 4.49. The molecule has 0 unspecified atom stereocenters. The SMILES string of the molecule is Cc1cccc(Cn2c(CN(C)C)nc3ncccc32)c1. The molecule has 0 N–H and O–H groups in total. The lowest BCUT2D eigenvalue weighted by atomic mass is 10.1. The van der Waals surface area contributed by atoms with E-state index >= 15 is 0 Å². The molecular weight excluding hydrogens is 260 g/mol. The molecule has 0 atom stereocenters. The van der Waals surface area contributed by atoms with Gasteiger partial charge in [-0.25, -0.2) is 9.97 Å². The Morgan fingerprint density at radius 2 is 2.00 bits per heavy atom. The Morgan fingerprint density at radius 1 is 1.14 bits per heavy atom. The zero-order chi connectivity index (χ0) is 14.8. The first-order chi connectivity index (χ1) is 10.1. The minimum absolute atomic E-state index is 0.808. The fraction of sp³-hybridized carbons (Fsp3) is 0.294. The van der Waals surface area contributed by atoms with Crippen molar-refractivity contribution in [1.29, 1.82) is 0 Å². The van der Waals surface area contributed by atoms with Gasteiger partial charge in [-0.1, -0.05) is 29.8 Å². The van der Waals surface area contributed by atoms with Crippen LogP contribution in [0.2, 0.25) is 0 Å². The van der Waals surface area contributed by atoms with Crippen molar-refractivity contribution < 1.29 is 0 Å². The molecule has 0 saturated carbocycles. The zero-order valence-corrected chi connectivity index (χ0v) is 12.7. The minimum Gasteiger partial charge on any atom is -0.321 e. The molecule has 2 heterocycles. The predicted molar refractivity (Wildman–Crippen MR) is 85.2 cm³/mol. The van der Waals surface area contributed by atoms with E-state index in [4.69, 9.17) is 0 Å². The van der Waals surface area contributed by atoms with Gasteiger partial charge in [-0.05, 0) is 38.7 Å². The third-order valence-corrected chi connectivity index (χ3v) is 3.48. The maximum Gasteiger partial charge on any atom is 0.177 e. The van der Waals surface area contributed by atoms with Gasteiger partial charge in [0, 0.05) is 12.7 Å². The van der Waals surface area contributed by atoms with E-state index in [1.54, 1.807) is 6.20 Å². The largest absolute Gasteiger partial charge is 0.321 e. The minimum atomic E-state index is 0.808. The van der Waals surface area contributed by atoms with Crippen LogP contribution in [-0.4, -0.2) is 33.5 Å². The third kappa shape index (κ3) is 2.95. The summed E-state index contributed by atoms with van der Waals surface area (Å²) < 4.78 is 2.26. The van der Waals surface area contributed by atoms with Gasteiger partial charge < -0.3 is 9.47 Å². The molecule has 0 radical (unpaired) electrons. The Bertz CT molecular complexity index is 758. The van der Waals surface area contributed by atoms with Gasteiger partial charge in [0.05, 0.1) is 12.1 Å². The molecule has 108 valence electrons. The molecule has 2 aromatic heterocycles. The number of pyridine rings is 1. The molecule has 0 aliphatic heterocycles. The number of fused-ring (bicyclic) bond motifs is 1. The van der Waals surface area contributed by atoms with E-state index in [1.807, 2.05) is 6.07 Å². The van der Waals surface area contributed by atoms with Crippen LogP contribution in [0.15, 0.2) is 42.6 Å². The monoisotopic (exact) mass is 280 g/mol. The standard InChI is InChI=1S/C17H20N4/c1-13-6-4-7-14(10-13)11-21-15-8-5-9-18-17(15)19-16(21)12-20(2)3/h4-10H,11-12H2,1-3H3. The van der Waals surface area contributed by atoms with Crippen molar-refractivity contribution in [1.82, 2.24) is 19.4 Å². The number of rotatable bonds is 4. The molecule has 3 aromatic rings. The van der Waals surface area contributed by atoms with Gasteiger partial charge in [0.15, 0.2) is 5.65 Å². The average molecular weight is 280 g/mol. The number of aromatic nitrogens is 3. The Labute approximate surface area is 125 Å². The smallest absolute Gasteiger partial charge is 0.177 e. The molecule has 0 fully saturated rings. The van der Waals surface area contributed by atoms with Crippen molar-refractivity contribution in [3.05, 3.63) is 59.5 Å². The highest BCUT2D eigenvalue weighted by molar-refractivity contribution is 5.71. The van der Waals surface area contributed by atoms with E-state index < -0.39 is 0 Å². The number of nitrogens with zero attached hydrogens (tertiary/aromatic N) is 4. The third-order valence-electron chi connectivity index (χ3n) is 3.48. The van der Waals surface area contributed by atoms with Crippen molar-refractivity contribution in [3.63, 3.8) is 0 Å². The highest BCUT2D eigenvalue weighted by Gasteiger charge is 2.12. The quantitative estimate of drug-likeness (QED) is 0.737. The van der Waals surface area contributed by atoms with Crippen molar-refractivity contribution in [3.8, 4) is 0 Å². The number of hydrogen-bond donors (Lipinski definition) is 0. The summed E-state index contributed by atoms with van der Waals surface area (Å²) in [5.74, 6) is 1.05. The fourth-order valence-corrected chi connectivity index (χ4v) is 2.58. The summed E-state index contributed by atoms with van der Waals surface area (Å²) in [4.78, 5) is 11.2. The number of benzene rings is 1. The first-order valence-corrected chi connectivity index (χ1v) is 7.14. The molecule has 0 spiro atoms. The van der Waals surface area contributed by atoms with E-state index in [1.165, 1.54) is 11.1 Å². The molecule has 0 bridgehead atoms. The lowest BCUT2D eigenvalue weighted by Crippen LogP contribution is -2.16. The van der Waals surface area contributed by atoms with Crippen LogP contribution in [0.3, 0.4) is 0 Å². The summed E-state index contributed by atoms with van der Waals surface area (Å²) in [6.07, 6.45) is 1.80. The van der Waals surface area contributed by atoms with E-state index in [0.717, 1.165) is 30.1 Å². The van der Waals surface area contributed by atoms with Gasteiger partial charge in [0.2, 0.25) is 0 Å². The van der Waals surface area contributed by atoms with Crippen LogP contribution in [0.25, 0.3) is 11.2 Å². The highest BCUT2D eigenvalue weighted by Crippen LogP contribution is 2.17. The van der Waals surface area contributed by atoms with E-state index in [-0.39, 0.29) is 0 Å². The molecule has 0 aliphatic carbocycles. The van der Waals surface area contributed by atoms with Crippen molar-refractivity contribution in [2.24, 2.45) is 0 Å². The fourth-order valence-electron chi connectivity index (χ4n) is 2.58. The normalized spacial score (nSPS) is 11.4. The second-order valence-corrected chi connectivity index (χ2v) is 5.69. The summed E-state index contributed by atoms with van der Waals surface area (Å²) in [5, 5.41) is 0. The van der Waals surface area contributed by atoms with Gasteiger partial charge in [0.25, 0.3) is 0 Å². The van der Waals surface area contributed by atoms with Crippen LogP contribution < -0.4 is 0 Å². The summed E-state index contributed by atoms with van der Waals surface area (Å²) in [7, 11) is 4.12. The van der Waals surface area contributed by atoms with Crippen LogP contribution in [0.5, 0.6) is 0 Å². The average Bonchev–Trinajstić information content (AvgIpc) is 2.76. The second kappa shape index (κ2) is 5.66. The highest BCUT2D eigenvalue weighted by atomic mass is 15.2. The van der Waals surface area contributed by atoms with Crippen molar-refractivity contribution in [2.45, 2.75) is 20.0 Å². The van der Waals surface area contributed by atoms with Crippen LogP contribution in [0, 0.1) is 6.92 Å². The van der Waals surface area contributed by atoms with Crippen LogP contribution in [0.1, 0.15) is 17.0 Å². The van der Waals surface area contributed by atoms with E-state index in [2.05, 4.69) is 70.8 Å². The first-order valence-electron chi connectivity index (χ1n) is 7.14. The van der Waals surface area contributed by atoms with Gasteiger partial charge in [-0.2, -0.15) is 0 Å². The second-order valence-electron chi connectivity index (χ2n) is 5.69. The molecule has 1 aromatic carbocycles. The maximum absolute atomic E-state index is 4.68. The van der Waals surface area contributed by atoms with Gasteiger partial charge in [-0.15, -0.1) is 0 Å². The van der Waals surface area contributed by atoms with Gasteiger partial charge >= 0.3 is 0 Å². The Hall–Kier alpha value is -2.20. The number of hydrogen-bond acceptors (Lipinski definition) is 3. The van der Waals surface area contributed by atoms with Gasteiger partial charge in [0.1, 0.15) is 5.82 Å². The lowest BCUT2D eigenvalue weighted by Gasteiger charge is -2.13. The Kier molecular flexibility index (Phi) is 3.71. The Morgan fingerprint density at radius 3 is 2.76 bits per heavy atom. The number of imidazole rings is 1. The van der Waals surface area contributed by atoms with Crippen molar-refractivity contribution in [2.75, 3.05) is 14.1 Å². The maximum atomic E-state index is 4.68. The molecule has 4 heteroatoms. The summed E-state index contributed by atoms with van der Waals surface area (Å²) in [6.45, 7) is 3.76. The number of aryl methyl sites for hydroxylation is 1. The van der Waals surface area contributed by atoms with Crippen LogP contribution >= 0.6 is 0 Å². The summed E-state index contributed by atoms with van der Waals surface area (Å²) in [6, 6.07) is 12.7. The van der Waals surface area contributed by atoms with E-state index in [9.17, 15) is 0 Å². The molecule has 0 amide bonds. The predicted octanol–water partition coefficient (Wildman–Crippen LogP) is 2.85. The van der Waals surface area contributed by atoms with Gasteiger partial charge in [-0.3, -0.25) is 0 Å². The molecule has 0 saturated heterocycles. The lowest BCUT2D eigenvalue weighted by molar-refractivity contribution is 0.384. The topological polar surface area (TPSA) is 34.0 Å². The Balaban J connectivity index is 2.06. The molecule has 3 rings (SSSR count). The molecule has 0 aliphatic rings. The van der Waals surface area contributed by atoms with E-state index in [0.29, 0.717) is 0 Å². The first kappa shape index (κ1) is 13.8.